The van der Waals surface area contributed by atoms with Crippen molar-refractivity contribution < 1.29 is 4.74 Å². The van der Waals surface area contributed by atoms with Crippen molar-refractivity contribution >= 4 is 17.3 Å². The summed E-state index contributed by atoms with van der Waals surface area (Å²) in [5, 5.41) is 3.48. The lowest BCUT2D eigenvalue weighted by atomic mass is 10.1. The number of aryl methyl sites for hydroxylation is 4. The molecule has 1 aromatic carbocycles. The number of nitrogens with one attached hydrogen (secondary N) is 1. The summed E-state index contributed by atoms with van der Waals surface area (Å²) < 4.78 is 5.42. The van der Waals surface area contributed by atoms with E-state index < -0.39 is 0 Å². The number of anilines is 3. The maximum Gasteiger partial charge on any atom is 0.136 e. The van der Waals surface area contributed by atoms with E-state index in [0.717, 1.165) is 49.5 Å². The SMILES string of the molecule is Cc1cc(C)c(Nc2cc(N3CCOCC3)nc(C)n2)c(C)c1. The Kier molecular flexibility index (Phi) is 4.48. The highest BCUT2D eigenvalue weighted by atomic mass is 16.5. The van der Waals surface area contributed by atoms with Gasteiger partial charge in [-0.25, -0.2) is 9.97 Å². The molecule has 1 fully saturated rings. The lowest BCUT2D eigenvalue weighted by molar-refractivity contribution is 0.122. The van der Waals surface area contributed by atoms with E-state index >= 15 is 0 Å². The highest BCUT2D eigenvalue weighted by Gasteiger charge is 2.14. The Bertz CT molecular complexity index is 685. The number of hydrogen-bond donors (Lipinski definition) is 1. The van der Waals surface area contributed by atoms with Crippen molar-refractivity contribution in [2.24, 2.45) is 0 Å². The molecule has 2 aromatic rings. The van der Waals surface area contributed by atoms with Gasteiger partial charge in [-0.2, -0.15) is 0 Å². The molecule has 1 N–H and O–H groups in total. The van der Waals surface area contributed by atoms with Gasteiger partial charge in [0, 0.05) is 24.8 Å². The molecule has 5 heteroatoms. The second-order valence-corrected chi connectivity index (χ2v) is 6.16. The minimum absolute atomic E-state index is 0.752. The standard InChI is InChI=1S/C18H24N4O/c1-12-9-13(2)18(14(3)10-12)21-16-11-17(20-15(4)19-16)22-5-7-23-8-6-22/h9-11H,5-8H2,1-4H3,(H,19,20,21). The van der Waals surface area contributed by atoms with Gasteiger partial charge >= 0.3 is 0 Å². The fraction of sp³-hybridized carbons (Fsp3) is 0.444. The van der Waals surface area contributed by atoms with Gasteiger partial charge in [-0.1, -0.05) is 17.7 Å². The van der Waals surface area contributed by atoms with E-state index in [0.29, 0.717) is 0 Å². The number of hydrogen-bond acceptors (Lipinski definition) is 5. The predicted molar refractivity (Wildman–Crippen MR) is 93.7 cm³/mol. The molecule has 122 valence electrons. The van der Waals surface area contributed by atoms with Crippen molar-refractivity contribution in [1.82, 2.24) is 9.97 Å². The van der Waals surface area contributed by atoms with Gasteiger partial charge in [0.25, 0.3) is 0 Å². The molecule has 23 heavy (non-hydrogen) atoms. The van der Waals surface area contributed by atoms with Crippen LogP contribution in [0.1, 0.15) is 22.5 Å². The van der Waals surface area contributed by atoms with Crippen LogP contribution in [0.25, 0.3) is 0 Å². The van der Waals surface area contributed by atoms with Crippen molar-refractivity contribution in [3.05, 3.63) is 40.7 Å². The summed E-state index contributed by atoms with van der Waals surface area (Å²) in [4.78, 5) is 11.4. The summed E-state index contributed by atoms with van der Waals surface area (Å²) in [6.07, 6.45) is 0. The van der Waals surface area contributed by atoms with Crippen LogP contribution in [0.3, 0.4) is 0 Å². The minimum atomic E-state index is 0.752. The van der Waals surface area contributed by atoms with Gasteiger partial charge in [-0.3, -0.25) is 0 Å². The highest BCUT2D eigenvalue weighted by Crippen LogP contribution is 2.26. The van der Waals surface area contributed by atoms with Crippen LogP contribution >= 0.6 is 0 Å². The highest BCUT2D eigenvalue weighted by molar-refractivity contribution is 5.66. The first-order valence-corrected chi connectivity index (χ1v) is 8.06. The molecule has 0 radical (unpaired) electrons. The molecule has 0 atom stereocenters. The van der Waals surface area contributed by atoms with Gasteiger partial charge < -0.3 is 15.0 Å². The topological polar surface area (TPSA) is 50.3 Å². The van der Waals surface area contributed by atoms with Crippen molar-refractivity contribution in [3.63, 3.8) is 0 Å². The molecule has 2 heterocycles. The number of morpholine rings is 1. The molecule has 1 aliphatic rings. The first kappa shape index (κ1) is 15.7. The minimum Gasteiger partial charge on any atom is -0.378 e. The number of benzene rings is 1. The maximum atomic E-state index is 5.42. The number of ether oxygens (including phenoxy) is 1. The molecule has 0 saturated carbocycles. The van der Waals surface area contributed by atoms with Crippen LogP contribution in [0.15, 0.2) is 18.2 Å². The van der Waals surface area contributed by atoms with Crippen LogP contribution in [0.2, 0.25) is 0 Å². The van der Waals surface area contributed by atoms with E-state index in [-0.39, 0.29) is 0 Å². The first-order chi connectivity index (χ1) is 11.0. The Morgan fingerprint density at radius 3 is 2.26 bits per heavy atom. The van der Waals surface area contributed by atoms with Crippen molar-refractivity contribution in [2.75, 3.05) is 36.5 Å². The van der Waals surface area contributed by atoms with Crippen LogP contribution in [0, 0.1) is 27.7 Å². The third-order valence-electron chi connectivity index (χ3n) is 4.09. The van der Waals surface area contributed by atoms with Gasteiger partial charge in [-0.15, -0.1) is 0 Å². The lowest BCUT2D eigenvalue weighted by Crippen LogP contribution is -2.36. The fourth-order valence-electron chi connectivity index (χ4n) is 3.08. The molecule has 0 bridgehead atoms. The summed E-state index contributed by atoms with van der Waals surface area (Å²) >= 11 is 0. The van der Waals surface area contributed by atoms with Crippen molar-refractivity contribution in [1.29, 1.82) is 0 Å². The Labute approximate surface area is 137 Å². The average Bonchev–Trinajstić information content (AvgIpc) is 2.51. The van der Waals surface area contributed by atoms with E-state index in [2.05, 4.69) is 53.1 Å². The van der Waals surface area contributed by atoms with Gasteiger partial charge in [0.05, 0.1) is 13.2 Å². The van der Waals surface area contributed by atoms with Crippen LogP contribution in [-0.2, 0) is 4.74 Å². The zero-order valence-electron chi connectivity index (χ0n) is 14.3. The van der Waals surface area contributed by atoms with Crippen LogP contribution < -0.4 is 10.2 Å². The predicted octanol–water partition coefficient (Wildman–Crippen LogP) is 3.29. The molecular weight excluding hydrogens is 288 g/mol. The first-order valence-electron chi connectivity index (χ1n) is 8.06. The molecule has 1 aliphatic heterocycles. The largest absolute Gasteiger partial charge is 0.378 e. The molecule has 0 aliphatic carbocycles. The van der Waals surface area contributed by atoms with Gasteiger partial charge in [0.15, 0.2) is 0 Å². The second-order valence-electron chi connectivity index (χ2n) is 6.16. The third-order valence-corrected chi connectivity index (χ3v) is 4.09. The Morgan fingerprint density at radius 1 is 0.957 bits per heavy atom. The third kappa shape index (κ3) is 3.62. The molecule has 1 saturated heterocycles. The van der Waals surface area contributed by atoms with Crippen LogP contribution in [0.4, 0.5) is 17.3 Å². The van der Waals surface area contributed by atoms with E-state index in [1.807, 2.05) is 13.0 Å². The van der Waals surface area contributed by atoms with Crippen LogP contribution in [0.5, 0.6) is 0 Å². The molecule has 0 amide bonds. The summed E-state index contributed by atoms with van der Waals surface area (Å²) in [5.74, 6) is 2.58. The van der Waals surface area contributed by atoms with Gasteiger partial charge in [0.2, 0.25) is 0 Å². The fourth-order valence-corrected chi connectivity index (χ4v) is 3.08. The van der Waals surface area contributed by atoms with Crippen LogP contribution in [-0.4, -0.2) is 36.3 Å². The zero-order valence-corrected chi connectivity index (χ0v) is 14.3. The lowest BCUT2D eigenvalue weighted by Gasteiger charge is -2.28. The number of rotatable bonds is 3. The van der Waals surface area contributed by atoms with E-state index in [4.69, 9.17) is 4.74 Å². The molecule has 1 aromatic heterocycles. The molecule has 3 rings (SSSR count). The number of nitrogens with zero attached hydrogens (tertiary/aromatic N) is 3. The van der Waals surface area contributed by atoms with Crippen molar-refractivity contribution in [3.8, 4) is 0 Å². The van der Waals surface area contributed by atoms with Gasteiger partial charge in [-0.05, 0) is 38.8 Å². The maximum absolute atomic E-state index is 5.42. The molecule has 0 unspecified atom stereocenters. The smallest absolute Gasteiger partial charge is 0.136 e. The summed E-state index contributed by atoms with van der Waals surface area (Å²) in [5.41, 5.74) is 4.86. The van der Waals surface area contributed by atoms with Crippen molar-refractivity contribution in [2.45, 2.75) is 27.7 Å². The molecular formula is C18H24N4O. The Hall–Kier alpha value is -2.14. The number of aromatic nitrogens is 2. The van der Waals surface area contributed by atoms with Gasteiger partial charge in [0.1, 0.15) is 17.5 Å². The normalized spacial score (nSPS) is 14.9. The monoisotopic (exact) mass is 312 g/mol. The van der Waals surface area contributed by atoms with E-state index in [1.54, 1.807) is 0 Å². The second kappa shape index (κ2) is 6.54. The summed E-state index contributed by atoms with van der Waals surface area (Å²) in [6, 6.07) is 6.40. The summed E-state index contributed by atoms with van der Waals surface area (Å²) in [7, 11) is 0. The average molecular weight is 312 g/mol. The summed E-state index contributed by atoms with van der Waals surface area (Å²) in [6.45, 7) is 11.6. The molecule has 5 nitrogen and oxygen atoms in total. The zero-order chi connectivity index (χ0) is 16.4. The quantitative estimate of drug-likeness (QED) is 0.942. The van der Waals surface area contributed by atoms with E-state index in [9.17, 15) is 0 Å². The Balaban J connectivity index is 1.90. The molecule has 0 spiro atoms. The Morgan fingerprint density at radius 2 is 1.61 bits per heavy atom. The van der Waals surface area contributed by atoms with E-state index in [1.165, 1.54) is 16.7 Å².